The van der Waals surface area contributed by atoms with Crippen LogP contribution in [-0.4, -0.2) is 19.9 Å². The summed E-state index contributed by atoms with van der Waals surface area (Å²) in [4.78, 5) is 4.26. The monoisotopic (exact) mass is 221 g/mol. The van der Waals surface area contributed by atoms with Crippen LogP contribution in [0.15, 0.2) is 4.52 Å². The Morgan fingerprint density at radius 3 is 2.50 bits per heavy atom. The number of rotatable bonds is 2. The fourth-order valence-electron chi connectivity index (χ4n) is 1.62. The van der Waals surface area contributed by atoms with Crippen molar-refractivity contribution in [1.82, 2.24) is 19.9 Å². The minimum Gasteiger partial charge on any atom is -0.337 e. The molecule has 2 heterocycles. The number of nitrogens with zero attached hydrogens (tertiary/aromatic N) is 4. The smallest absolute Gasteiger partial charge is 0.243 e. The van der Waals surface area contributed by atoms with Gasteiger partial charge in [-0.2, -0.15) is 10.1 Å². The highest BCUT2D eigenvalue weighted by molar-refractivity contribution is 5.60. The summed E-state index contributed by atoms with van der Waals surface area (Å²) in [6.07, 6.45) is 0. The van der Waals surface area contributed by atoms with Crippen molar-refractivity contribution in [2.45, 2.75) is 26.8 Å². The quantitative estimate of drug-likeness (QED) is 0.821. The van der Waals surface area contributed by atoms with Gasteiger partial charge in [0.2, 0.25) is 11.7 Å². The SMILES string of the molecule is Cc1nn(C)c(C)c1-c1noc([C@@H](C)N)n1. The number of hydrogen-bond donors (Lipinski definition) is 1. The summed E-state index contributed by atoms with van der Waals surface area (Å²) in [5, 5.41) is 8.23. The van der Waals surface area contributed by atoms with Crippen molar-refractivity contribution >= 4 is 0 Å². The molecule has 0 fully saturated rings. The van der Waals surface area contributed by atoms with Gasteiger partial charge >= 0.3 is 0 Å². The molecular weight excluding hydrogens is 206 g/mol. The number of aryl methyl sites for hydroxylation is 2. The zero-order valence-corrected chi connectivity index (χ0v) is 9.85. The van der Waals surface area contributed by atoms with Gasteiger partial charge in [-0.25, -0.2) is 0 Å². The maximum absolute atomic E-state index is 5.67. The molecule has 0 aliphatic heterocycles. The van der Waals surface area contributed by atoms with E-state index in [0.717, 1.165) is 17.0 Å². The van der Waals surface area contributed by atoms with Crippen molar-refractivity contribution in [3.05, 3.63) is 17.3 Å². The minimum absolute atomic E-state index is 0.251. The number of nitrogens with two attached hydrogens (primary N) is 1. The van der Waals surface area contributed by atoms with Gasteiger partial charge < -0.3 is 10.3 Å². The molecular formula is C10H15N5O. The Morgan fingerprint density at radius 1 is 1.38 bits per heavy atom. The molecule has 2 aromatic heterocycles. The first-order valence-corrected chi connectivity index (χ1v) is 5.10. The van der Waals surface area contributed by atoms with E-state index in [4.69, 9.17) is 10.3 Å². The number of aromatic nitrogens is 4. The van der Waals surface area contributed by atoms with Gasteiger partial charge in [-0.3, -0.25) is 4.68 Å². The van der Waals surface area contributed by atoms with Crippen LogP contribution >= 0.6 is 0 Å². The van der Waals surface area contributed by atoms with E-state index in [1.54, 1.807) is 11.6 Å². The molecule has 2 aromatic rings. The van der Waals surface area contributed by atoms with E-state index in [1.807, 2.05) is 20.9 Å². The van der Waals surface area contributed by atoms with E-state index in [9.17, 15) is 0 Å². The first-order chi connectivity index (χ1) is 7.50. The molecule has 16 heavy (non-hydrogen) atoms. The van der Waals surface area contributed by atoms with Crippen LogP contribution in [-0.2, 0) is 7.05 Å². The van der Waals surface area contributed by atoms with Crippen LogP contribution in [0.3, 0.4) is 0 Å². The lowest BCUT2D eigenvalue weighted by Crippen LogP contribution is -2.04. The van der Waals surface area contributed by atoms with Crippen LogP contribution in [0.5, 0.6) is 0 Å². The highest BCUT2D eigenvalue weighted by Gasteiger charge is 2.18. The van der Waals surface area contributed by atoms with Crippen LogP contribution in [0.1, 0.15) is 30.2 Å². The van der Waals surface area contributed by atoms with Crippen LogP contribution < -0.4 is 5.73 Å². The predicted octanol–water partition coefficient (Wildman–Crippen LogP) is 1.11. The lowest BCUT2D eigenvalue weighted by Gasteiger charge is -1.95. The van der Waals surface area contributed by atoms with Gasteiger partial charge in [0.1, 0.15) is 0 Å². The Morgan fingerprint density at radius 2 is 2.06 bits per heavy atom. The third-order valence-electron chi connectivity index (χ3n) is 2.56. The predicted molar refractivity (Wildman–Crippen MR) is 58.6 cm³/mol. The van der Waals surface area contributed by atoms with Crippen molar-refractivity contribution in [1.29, 1.82) is 0 Å². The van der Waals surface area contributed by atoms with E-state index in [2.05, 4.69) is 15.2 Å². The van der Waals surface area contributed by atoms with Gasteiger partial charge in [0.25, 0.3) is 0 Å². The largest absolute Gasteiger partial charge is 0.337 e. The molecule has 0 saturated heterocycles. The van der Waals surface area contributed by atoms with Crippen molar-refractivity contribution in [2.24, 2.45) is 12.8 Å². The summed E-state index contributed by atoms with van der Waals surface area (Å²) >= 11 is 0. The van der Waals surface area contributed by atoms with Crippen molar-refractivity contribution in [3.63, 3.8) is 0 Å². The van der Waals surface area contributed by atoms with Crippen molar-refractivity contribution in [3.8, 4) is 11.4 Å². The zero-order chi connectivity index (χ0) is 11.9. The lowest BCUT2D eigenvalue weighted by atomic mass is 10.2. The second-order valence-corrected chi connectivity index (χ2v) is 3.91. The summed E-state index contributed by atoms with van der Waals surface area (Å²) in [6, 6.07) is -0.251. The molecule has 86 valence electrons. The summed E-state index contributed by atoms with van der Waals surface area (Å²) in [5.74, 6) is 0.994. The maximum Gasteiger partial charge on any atom is 0.243 e. The summed E-state index contributed by atoms with van der Waals surface area (Å²) in [6.45, 7) is 5.70. The molecule has 0 aliphatic carbocycles. The van der Waals surface area contributed by atoms with Gasteiger partial charge in [0.05, 0.1) is 17.3 Å². The summed E-state index contributed by atoms with van der Waals surface area (Å²) in [7, 11) is 1.89. The molecule has 0 bridgehead atoms. The molecule has 0 saturated carbocycles. The highest BCUT2D eigenvalue weighted by Crippen LogP contribution is 2.24. The van der Waals surface area contributed by atoms with Crippen LogP contribution in [0.4, 0.5) is 0 Å². The van der Waals surface area contributed by atoms with Gasteiger partial charge in [0.15, 0.2) is 0 Å². The van der Waals surface area contributed by atoms with E-state index in [1.165, 1.54) is 0 Å². The topological polar surface area (TPSA) is 82.8 Å². The van der Waals surface area contributed by atoms with Crippen LogP contribution in [0, 0.1) is 13.8 Å². The van der Waals surface area contributed by atoms with Gasteiger partial charge in [-0.05, 0) is 20.8 Å². The summed E-state index contributed by atoms with van der Waals surface area (Å²) < 4.78 is 6.87. The Balaban J connectivity index is 2.50. The van der Waals surface area contributed by atoms with Crippen LogP contribution in [0.2, 0.25) is 0 Å². The van der Waals surface area contributed by atoms with E-state index < -0.39 is 0 Å². The summed E-state index contributed by atoms with van der Waals surface area (Å²) in [5.41, 5.74) is 8.48. The molecule has 6 nitrogen and oxygen atoms in total. The maximum atomic E-state index is 5.67. The molecule has 2 N–H and O–H groups in total. The first kappa shape index (κ1) is 10.8. The third-order valence-corrected chi connectivity index (χ3v) is 2.56. The Kier molecular flexibility index (Phi) is 2.51. The average Bonchev–Trinajstić information content (AvgIpc) is 2.74. The molecule has 2 rings (SSSR count). The molecule has 0 aliphatic rings. The standard InChI is InChI=1S/C10H15N5O/c1-5(11)10-12-9(14-16-10)8-6(2)13-15(4)7(8)3/h5H,11H2,1-4H3/t5-/m1/s1. The fourth-order valence-corrected chi connectivity index (χ4v) is 1.62. The lowest BCUT2D eigenvalue weighted by molar-refractivity contribution is 0.362. The second kappa shape index (κ2) is 3.71. The Hall–Kier alpha value is -1.69. The van der Waals surface area contributed by atoms with Crippen molar-refractivity contribution < 1.29 is 4.52 Å². The average molecular weight is 221 g/mol. The van der Waals surface area contributed by atoms with E-state index in [0.29, 0.717) is 11.7 Å². The normalized spacial score (nSPS) is 13.1. The molecule has 0 radical (unpaired) electrons. The Labute approximate surface area is 93.4 Å². The van der Waals surface area contributed by atoms with Gasteiger partial charge in [0, 0.05) is 12.7 Å². The fraction of sp³-hybridized carbons (Fsp3) is 0.500. The molecule has 1 atom stereocenters. The molecule has 0 aromatic carbocycles. The minimum atomic E-state index is -0.251. The van der Waals surface area contributed by atoms with E-state index >= 15 is 0 Å². The molecule has 0 spiro atoms. The Bertz CT molecular complexity index is 511. The van der Waals surface area contributed by atoms with Crippen molar-refractivity contribution in [2.75, 3.05) is 0 Å². The second-order valence-electron chi connectivity index (χ2n) is 3.91. The molecule has 0 amide bonds. The third kappa shape index (κ3) is 1.61. The van der Waals surface area contributed by atoms with Crippen LogP contribution in [0.25, 0.3) is 11.4 Å². The first-order valence-electron chi connectivity index (χ1n) is 5.10. The van der Waals surface area contributed by atoms with Gasteiger partial charge in [-0.15, -0.1) is 0 Å². The number of hydrogen-bond acceptors (Lipinski definition) is 5. The van der Waals surface area contributed by atoms with Gasteiger partial charge in [-0.1, -0.05) is 5.16 Å². The molecule has 0 unspecified atom stereocenters. The highest BCUT2D eigenvalue weighted by atomic mass is 16.5. The van der Waals surface area contributed by atoms with E-state index in [-0.39, 0.29) is 6.04 Å². The molecule has 6 heteroatoms. The zero-order valence-electron chi connectivity index (χ0n) is 9.85.